The Hall–Kier alpha value is -2.62. The summed E-state index contributed by atoms with van der Waals surface area (Å²) in [5.74, 6) is -0.347. The van der Waals surface area contributed by atoms with Crippen molar-refractivity contribution in [1.82, 2.24) is 5.32 Å². The number of hydrogen-bond acceptors (Lipinski definition) is 5. The number of rotatable bonds is 6. The molecule has 1 aromatic carbocycles. The second kappa shape index (κ2) is 7.24. The van der Waals surface area contributed by atoms with Gasteiger partial charge in [0.15, 0.2) is 0 Å². The molecule has 1 rings (SSSR count). The zero-order valence-electron chi connectivity index (χ0n) is 12.3. The molecule has 0 aliphatic carbocycles. The first-order valence-corrected chi connectivity index (χ1v) is 6.58. The highest BCUT2D eigenvalue weighted by Crippen LogP contribution is 2.30. The number of nitriles is 1. The summed E-state index contributed by atoms with van der Waals surface area (Å²) >= 11 is 0. The monoisotopic (exact) mass is 290 g/mol. The number of carbonyl (C=O) groups excluding carboxylic acids is 1. The van der Waals surface area contributed by atoms with Gasteiger partial charge in [-0.1, -0.05) is 0 Å². The Morgan fingerprint density at radius 2 is 2.24 bits per heavy atom. The van der Waals surface area contributed by atoms with Crippen molar-refractivity contribution < 1.29 is 9.72 Å². The van der Waals surface area contributed by atoms with Gasteiger partial charge in [-0.05, 0) is 26.0 Å². The second-order valence-electron chi connectivity index (χ2n) is 4.64. The first-order valence-electron chi connectivity index (χ1n) is 6.58. The van der Waals surface area contributed by atoms with Crippen LogP contribution in [0.2, 0.25) is 0 Å². The van der Waals surface area contributed by atoms with Crippen LogP contribution in [0.3, 0.4) is 0 Å². The minimum Gasteiger partial charge on any atom is -0.365 e. The Kier molecular flexibility index (Phi) is 5.67. The number of nitrogens with zero attached hydrogens (tertiary/aromatic N) is 3. The highest BCUT2D eigenvalue weighted by atomic mass is 16.6. The van der Waals surface area contributed by atoms with Gasteiger partial charge in [0.05, 0.1) is 17.4 Å². The van der Waals surface area contributed by atoms with E-state index in [1.54, 1.807) is 24.9 Å². The molecule has 1 aromatic rings. The fraction of sp³-hybridized carbons (Fsp3) is 0.429. The number of amides is 1. The summed E-state index contributed by atoms with van der Waals surface area (Å²) in [5, 5.41) is 22.5. The molecule has 0 aliphatic heterocycles. The average molecular weight is 290 g/mol. The molecule has 0 radical (unpaired) electrons. The van der Waals surface area contributed by atoms with Crippen LogP contribution in [0.1, 0.15) is 30.6 Å². The van der Waals surface area contributed by atoms with Gasteiger partial charge in [0.2, 0.25) is 0 Å². The van der Waals surface area contributed by atoms with E-state index in [0.717, 1.165) is 0 Å². The van der Waals surface area contributed by atoms with Gasteiger partial charge < -0.3 is 10.2 Å². The predicted octanol–water partition coefficient (Wildman–Crippen LogP) is 2.08. The molecule has 1 amide bonds. The van der Waals surface area contributed by atoms with Crippen molar-refractivity contribution in [3.63, 3.8) is 0 Å². The molecule has 7 nitrogen and oxygen atoms in total. The smallest absolute Gasteiger partial charge is 0.293 e. The fourth-order valence-corrected chi connectivity index (χ4v) is 1.88. The van der Waals surface area contributed by atoms with Crippen molar-refractivity contribution >= 4 is 17.3 Å². The first kappa shape index (κ1) is 16.4. The predicted molar refractivity (Wildman–Crippen MR) is 79.2 cm³/mol. The van der Waals surface area contributed by atoms with E-state index in [0.29, 0.717) is 12.2 Å². The number of nitro groups is 1. The SMILES string of the molecule is CCNC(=O)c1ccc(N(C)C(C)CC#N)c([N+](=O)[O-])c1. The Labute approximate surface area is 123 Å². The van der Waals surface area contributed by atoms with E-state index in [9.17, 15) is 14.9 Å². The maximum atomic E-state index is 11.7. The summed E-state index contributed by atoms with van der Waals surface area (Å²) in [7, 11) is 1.69. The standard InChI is InChI=1S/C14H18N4O3/c1-4-16-14(19)11-5-6-12(13(9-11)18(20)21)17(3)10(2)7-8-15/h5-6,9-10H,4,7H2,1-3H3,(H,16,19). The third kappa shape index (κ3) is 3.92. The molecule has 0 saturated heterocycles. The molecular weight excluding hydrogens is 272 g/mol. The van der Waals surface area contributed by atoms with Crippen molar-refractivity contribution in [3.8, 4) is 6.07 Å². The molecular formula is C14H18N4O3. The molecule has 7 heteroatoms. The van der Waals surface area contributed by atoms with E-state index in [1.165, 1.54) is 12.1 Å². The molecule has 1 atom stereocenters. The van der Waals surface area contributed by atoms with Gasteiger partial charge in [0.1, 0.15) is 5.69 Å². The average Bonchev–Trinajstić information content (AvgIpc) is 2.46. The number of anilines is 1. The Balaban J connectivity index is 3.20. The molecule has 0 fully saturated rings. The van der Waals surface area contributed by atoms with Gasteiger partial charge in [-0.15, -0.1) is 0 Å². The Bertz CT molecular complexity index is 580. The van der Waals surface area contributed by atoms with Crippen LogP contribution in [-0.4, -0.2) is 30.5 Å². The summed E-state index contributed by atoms with van der Waals surface area (Å²) in [6, 6.07) is 6.22. The summed E-state index contributed by atoms with van der Waals surface area (Å²) in [6.07, 6.45) is 0.256. The lowest BCUT2D eigenvalue weighted by molar-refractivity contribution is -0.384. The quantitative estimate of drug-likeness (QED) is 0.638. The van der Waals surface area contributed by atoms with E-state index in [2.05, 4.69) is 5.32 Å². The van der Waals surface area contributed by atoms with Crippen molar-refractivity contribution in [2.75, 3.05) is 18.5 Å². The second-order valence-corrected chi connectivity index (χ2v) is 4.64. The van der Waals surface area contributed by atoms with Gasteiger partial charge in [0.25, 0.3) is 11.6 Å². The van der Waals surface area contributed by atoms with Crippen molar-refractivity contribution in [2.45, 2.75) is 26.3 Å². The van der Waals surface area contributed by atoms with Crippen LogP contribution in [0.15, 0.2) is 18.2 Å². The third-order valence-electron chi connectivity index (χ3n) is 3.20. The summed E-state index contributed by atoms with van der Waals surface area (Å²) in [6.45, 7) is 4.04. The lowest BCUT2D eigenvalue weighted by Crippen LogP contribution is -2.29. The third-order valence-corrected chi connectivity index (χ3v) is 3.20. The van der Waals surface area contributed by atoms with Gasteiger partial charge in [-0.25, -0.2) is 0 Å². The lowest BCUT2D eigenvalue weighted by atomic mass is 10.1. The lowest BCUT2D eigenvalue weighted by Gasteiger charge is -2.25. The van der Waals surface area contributed by atoms with Crippen LogP contribution in [-0.2, 0) is 0 Å². The molecule has 0 aliphatic rings. The Morgan fingerprint density at radius 1 is 1.57 bits per heavy atom. The maximum absolute atomic E-state index is 11.7. The van der Waals surface area contributed by atoms with Crippen LogP contribution in [0.5, 0.6) is 0 Å². The summed E-state index contributed by atoms with van der Waals surface area (Å²) in [4.78, 5) is 24.1. The molecule has 112 valence electrons. The van der Waals surface area contributed by atoms with E-state index < -0.39 is 4.92 Å². The summed E-state index contributed by atoms with van der Waals surface area (Å²) in [5.41, 5.74) is 0.482. The zero-order chi connectivity index (χ0) is 16.0. The number of hydrogen-bond donors (Lipinski definition) is 1. The number of benzene rings is 1. The normalized spacial score (nSPS) is 11.3. The minimum absolute atomic E-state index is 0.147. The molecule has 0 heterocycles. The molecule has 1 unspecified atom stereocenters. The van der Waals surface area contributed by atoms with E-state index >= 15 is 0 Å². The highest BCUT2D eigenvalue weighted by molar-refractivity contribution is 5.95. The fourth-order valence-electron chi connectivity index (χ4n) is 1.88. The van der Waals surface area contributed by atoms with E-state index in [4.69, 9.17) is 5.26 Å². The molecule has 1 N–H and O–H groups in total. The topological polar surface area (TPSA) is 99.3 Å². The molecule has 0 bridgehead atoms. The molecule has 21 heavy (non-hydrogen) atoms. The minimum atomic E-state index is -0.520. The largest absolute Gasteiger partial charge is 0.365 e. The van der Waals surface area contributed by atoms with Gasteiger partial charge in [-0.3, -0.25) is 14.9 Å². The van der Waals surface area contributed by atoms with Crippen LogP contribution in [0, 0.1) is 21.4 Å². The Morgan fingerprint density at radius 3 is 2.76 bits per heavy atom. The molecule has 0 aromatic heterocycles. The number of carbonyl (C=O) groups is 1. The molecule has 0 saturated carbocycles. The van der Waals surface area contributed by atoms with Crippen LogP contribution < -0.4 is 10.2 Å². The van der Waals surface area contributed by atoms with Crippen molar-refractivity contribution in [3.05, 3.63) is 33.9 Å². The highest BCUT2D eigenvalue weighted by Gasteiger charge is 2.22. The zero-order valence-corrected chi connectivity index (χ0v) is 12.3. The van der Waals surface area contributed by atoms with Gasteiger partial charge in [0, 0.05) is 31.3 Å². The van der Waals surface area contributed by atoms with Gasteiger partial charge in [-0.2, -0.15) is 5.26 Å². The van der Waals surface area contributed by atoms with Crippen molar-refractivity contribution in [1.29, 1.82) is 5.26 Å². The summed E-state index contributed by atoms with van der Waals surface area (Å²) < 4.78 is 0. The molecule has 0 spiro atoms. The number of nitro benzene ring substituents is 1. The maximum Gasteiger partial charge on any atom is 0.293 e. The first-order chi connectivity index (χ1) is 9.92. The number of nitrogens with one attached hydrogen (secondary N) is 1. The van der Waals surface area contributed by atoms with Crippen molar-refractivity contribution in [2.24, 2.45) is 0 Å². The van der Waals surface area contributed by atoms with E-state index in [-0.39, 0.29) is 29.6 Å². The van der Waals surface area contributed by atoms with Crippen LogP contribution >= 0.6 is 0 Å². The van der Waals surface area contributed by atoms with Crippen LogP contribution in [0.4, 0.5) is 11.4 Å². The van der Waals surface area contributed by atoms with E-state index in [1.807, 2.05) is 13.0 Å². The van der Waals surface area contributed by atoms with Crippen LogP contribution in [0.25, 0.3) is 0 Å². The van der Waals surface area contributed by atoms with Gasteiger partial charge >= 0.3 is 0 Å².